The molecule has 0 aliphatic carbocycles. The Kier molecular flexibility index (Phi) is 3.49. The molecule has 5 nitrogen and oxygen atoms in total. The highest BCUT2D eigenvalue weighted by Crippen LogP contribution is 2.19. The molecule has 0 spiro atoms. The number of benzene rings is 1. The molecule has 1 saturated heterocycles. The molecule has 0 bridgehead atoms. The predicted molar refractivity (Wildman–Crippen MR) is 64.9 cm³/mol. The molecule has 1 aliphatic heterocycles. The van der Waals surface area contributed by atoms with Crippen LogP contribution >= 0.6 is 11.6 Å². The SMILES string of the molecule is O=[N+]([O-])/C=C1\NCCN1Cc1ccccc1Cl. The molecule has 2 rings (SSSR count). The van der Waals surface area contributed by atoms with Gasteiger partial charge in [0.25, 0.3) is 6.20 Å². The third-order valence-electron chi connectivity index (χ3n) is 2.58. The van der Waals surface area contributed by atoms with Gasteiger partial charge in [-0.2, -0.15) is 0 Å². The van der Waals surface area contributed by atoms with Crippen molar-refractivity contribution in [2.24, 2.45) is 0 Å². The molecule has 0 saturated carbocycles. The first-order chi connectivity index (χ1) is 8.16. The van der Waals surface area contributed by atoms with Crippen molar-refractivity contribution in [3.8, 4) is 0 Å². The Bertz CT molecular complexity index is 462. The summed E-state index contributed by atoms with van der Waals surface area (Å²) in [6, 6.07) is 7.51. The zero-order valence-electron chi connectivity index (χ0n) is 9.10. The Morgan fingerprint density at radius 1 is 1.53 bits per heavy atom. The van der Waals surface area contributed by atoms with Crippen molar-refractivity contribution in [2.45, 2.75) is 6.54 Å². The van der Waals surface area contributed by atoms with E-state index >= 15 is 0 Å². The van der Waals surface area contributed by atoms with Crippen LogP contribution in [0.1, 0.15) is 5.56 Å². The van der Waals surface area contributed by atoms with Crippen LogP contribution in [0.5, 0.6) is 0 Å². The average molecular weight is 254 g/mol. The lowest BCUT2D eigenvalue weighted by Gasteiger charge is -2.17. The van der Waals surface area contributed by atoms with Crippen molar-refractivity contribution >= 4 is 11.6 Å². The van der Waals surface area contributed by atoms with Crippen LogP contribution in [0.4, 0.5) is 0 Å². The van der Waals surface area contributed by atoms with Crippen LogP contribution in [0.2, 0.25) is 5.02 Å². The zero-order chi connectivity index (χ0) is 12.3. The molecule has 0 aromatic heterocycles. The van der Waals surface area contributed by atoms with Gasteiger partial charge in [0.2, 0.25) is 0 Å². The molecule has 1 N–H and O–H groups in total. The van der Waals surface area contributed by atoms with Crippen molar-refractivity contribution in [3.63, 3.8) is 0 Å². The third kappa shape index (κ3) is 2.88. The highest BCUT2D eigenvalue weighted by atomic mass is 35.5. The summed E-state index contributed by atoms with van der Waals surface area (Å²) in [7, 11) is 0. The standard InChI is InChI=1S/C11H12ClN3O2/c12-10-4-2-1-3-9(10)7-14-6-5-13-11(14)8-15(16)17/h1-4,8,13H,5-7H2/b11-8+. The zero-order valence-corrected chi connectivity index (χ0v) is 9.85. The Balaban J connectivity index is 2.13. The first-order valence-electron chi connectivity index (χ1n) is 5.24. The maximum Gasteiger partial charge on any atom is 0.274 e. The van der Waals surface area contributed by atoms with E-state index in [4.69, 9.17) is 11.6 Å². The van der Waals surface area contributed by atoms with Crippen LogP contribution in [-0.4, -0.2) is 22.9 Å². The number of hydrogen-bond acceptors (Lipinski definition) is 4. The normalized spacial score (nSPS) is 17.2. The summed E-state index contributed by atoms with van der Waals surface area (Å²) in [5.41, 5.74) is 0.965. The van der Waals surface area contributed by atoms with E-state index in [0.717, 1.165) is 18.3 Å². The van der Waals surface area contributed by atoms with Gasteiger partial charge in [-0.05, 0) is 11.6 Å². The lowest BCUT2D eigenvalue weighted by Crippen LogP contribution is -2.20. The van der Waals surface area contributed by atoms with Gasteiger partial charge >= 0.3 is 0 Å². The van der Waals surface area contributed by atoms with Crippen molar-refractivity contribution in [1.82, 2.24) is 10.2 Å². The van der Waals surface area contributed by atoms with Crippen LogP contribution in [-0.2, 0) is 6.54 Å². The summed E-state index contributed by atoms with van der Waals surface area (Å²) in [5, 5.41) is 14.1. The summed E-state index contributed by atoms with van der Waals surface area (Å²) in [5.74, 6) is 0.537. The van der Waals surface area contributed by atoms with Gasteiger partial charge in [-0.1, -0.05) is 29.8 Å². The largest absolute Gasteiger partial charge is 0.365 e. The first-order valence-corrected chi connectivity index (χ1v) is 5.62. The fourth-order valence-electron chi connectivity index (χ4n) is 1.77. The number of nitro groups is 1. The summed E-state index contributed by atoms with van der Waals surface area (Å²) < 4.78 is 0. The molecular weight excluding hydrogens is 242 g/mol. The van der Waals surface area contributed by atoms with E-state index in [1.807, 2.05) is 29.2 Å². The van der Waals surface area contributed by atoms with Gasteiger partial charge in [-0.15, -0.1) is 0 Å². The van der Waals surface area contributed by atoms with Crippen molar-refractivity contribution in [3.05, 3.63) is 57.0 Å². The highest BCUT2D eigenvalue weighted by molar-refractivity contribution is 6.31. The van der Waals surface area contributed by atoms with Gasteiger partial charge in [0.1, 0.15) is 0 Å². The molecule has 1 aromatic carbocycles. The second kappa shape index (κ2) is 5.05. The lowest BCUT2D eigenvalue weighted by atomic mass is 10.2. The van der Waals surface area contributed by atoms with Crippen LogP contribution < -0.4 is 5.32 Å². The van der Waals surface area contributed by atoms with Crippen molar-refractivity contribution in [2.75, 3.05) is 13.1 Å². The Morgan fingerprint density at radius 3 is 3.00 bits per heavy atom. The second-order valence-corrected chi connectivity index (χ2v) is 4.15. The van der Waals surface area contributed by atoms with Crippen LogP contribution in [0, 0.1) is 10.1 Å². The van der Waals surface area contributed by atoms with Crippen LogP contribution in [0.15, 0.2) is 36.3 Å². The molecule has 0 amide bonds. The minimum Gasteiger partial charge on any atom is -0.365 e. The molecule has 1 aromatic rings. The molecule has 1 fully saturated rings. The number of hydrogen-bond donors (Lipinski definition) is 1. The van der Waals surface area contributed by atoms with E-state index in [2.05, 4.69) is 5.32 Å². The van der Waals surface area contributed by atoms with Gasteiger partial charge in [-0.25, -0.2) is 0 Å². The molecule has 0 unspecified atom stereocenters. The van der Waals surface area contributed by atoms with E-state index in [1.165, 1.54) is 0 Å². The average Bonchev–Trinajstić information content (AvgIpc) is 2.68. The van der Waals surface area contributed by atoms with Crippen molar-refractivity contribution < 1.29 is 4.92 Å². The lowest BCUT2D eigenvalue weighted by molar-refractivity contribution is -0.404. The van der Waals surface area contributed by atoms with E-state index in [0.29, 0.717) is 23.9 Å². The smallest absolute Gasteiger partial charge is 0.274 e. The highest BCUT2D eigenvalue weighted by Gasteiger charge is 2.20. The maximum absolute atomic E-state index is 10.5. The van der Waals surface area contributed by atoms with Crippen LogP contribution in [0.25, 0.3) is 0 Å². The Labute approximate surface area is 104 Å². The molecule has 17 heavy (non-hydrogen) atoms. The summed E-state index contributed by atoms with van der Waals surface area (Å²) in [6.07, 6.45) is 0.990. The van der Waals surface area contributed by atoms with Gasteiger partial charge in [0.05, 0.1) is 4.92 Å². The Hall–Kier alpha value is -1.75. The number of nitrogens with one attached hydrogen (secondary N) is 1. The summed E-state index contributed by atoms with van der Waals surface area (Å²) in [4.78, 5) is 11.9. The van der Waals surface area contributed by atoms with E-state index in [9.17, 15) is 10.1 Å². The topological polar surface area (TPSA) is 58.4 Å². The van der Waals surface area contributed by atoms with Gasteiger partial charge in [0.15, 0.2) is 5.82 Å². The Morgan fingerprint density at radius 2 is 2.29 bits per heavy atom. The van der Waals surface area contributed by atoms with Gasteiger partial charge in [-0.3, -0.25) is 10.1 Å². The third-order valence-corrected chi connectivity index (χ3v) is 2.94. The number of rotatable bonds is 3. The molecular formula is C11H12ClN3O2. The van der Waals surface area contributed by atoms with E-state index in [1.54, 1.807) is 0 Å². The predicted octanol–water partition coefficient (Wildman–Crippen LogP) is 1.82. The second-order valence-electron chi connectivity index (χ2n) is 3.74. The van der Waals surface area contributed by atoms with Gasteiger partial charge < -0.3 is 10.2 Å². The van der Waals surface area contributed by atoms with Gasteiger partial charge in [0, 0.05) is 24.7 Å². The molecule has 0 radical (unpaired) electrons. The molecule has 1 aliphatic rings. The number of halogens is 1. The summed E-state index contributed by atoms with van der Waals surface area (Å²) >= 11 is 6.06. The van der Waals surface area contributed by atoms with E-state index < -0.39 is 4.92 Å². The minimum absolute atomic E-state index is 0.451. The maximum atomic E-state index is 10.5. The molecule has 1 heterocycles. The summed E-state index contributed by atoms with van der Waals surface area (Å²) in [6.45, 7) is 2.03. The molecule has 6 heteroatoms. The minimum atomic E-state index is -0.451. The van der Waals surface area contributed by atoms with Crippen LogP contribution in [0.3, 0.4) is 0 Å². The first kappa shape index (κ1) is 11.7. The molecule has 90 valence electrons. The van der Waals surface area contributed by atoms with E-state index in [-0.39, 0.29) is 0 Å². The fraction of sp³-hybridized carbons (Fsp3) is 0.273. The van der Waals surface area contributed by atoms with Crippen molar-refractivity contribution in [1.29, 1.82) is 0 Å². The fourth-order valence-corrected chi connectivity index (χ4v) is 1.97. The molecule has 0 atom stereocenters. The quantitative estimate of drug-likeness (QED) is 0.659. The number of nitrogens with zero attached hydrogens (tertiary/aromatic N) is 2. The monoisotopic (exact) mass is 253 g/mol.